The summed E-state index contributed by atoms with van der Waals surface area (Å²) < 4.78 is 7.32. The number of benzene rings is 1. The summed E-state index contributed by atoms with van der Waals surface area (Å²) in [5, 5.41) is 7.57. The van der Waals surface area contributed by atoms with Crippen molar-refractivity contribution in [3.8, 4) is 5.75 Å². The molecule has 2 heterocycles. The maximum Gasteiger partial charge on any atom is 0.220 e. The first-order chi connectivity index (χ1) is 13.4. The Morgan fingerprint density at radius 1 is 1.21 bits per heavy atom. The Bertz CT molecular complexity index is 976. The highest BCUT2D eigenvalue weighted by atomic mass is 16.5. The van der Waals surface area contributed by atoms with Gasteiger partial charge in [-0.2, -0.15) is 5.10 Å². The lowest BCUT2D eigenvalue weighted by Crippen LogP contribution is -2.27. The molecule has 1 unspecified atom stereocenters. The number of carbonyl (C=O) groups excluding carboxylic acids is 1. The van der Waals surface area contributed by atoms with Crippen LogP contribution in [0.3, 0.4) is 0 Å². The number of rotatable bonds is 7. The minimum atomic E-state index is -0.0558. The van der Waals surface area contributed by atoms with Gasteiger partial charge in [-0.15, -0.1) is 0 Å². The van der Waals surface area contributed by atoms with Crippen molar-refractivity contribution >= 4 is 11.6 Å². The van der Waals surface area contributed by atoms with Crippen LogP contribution in [0.15, 0.2) is 30.3 Å². The SMILES string of the molecule is CCOc1ccc(C(C)NC(=O)CCc2c(C)nc3cc(C)nn3c2C)cc1. The second-order valence-electron chi connectivity index (χ2n) is 7.11. The van der Waals surface area contributed by atoms with E-state index in [-0.39, 0.29) is 11.9 Å². The molecule has 0 bridgehead atoms. The molecule has 1 atom stereocenters. The second kappa shape index (κ2) is 8.42. The second-order valence-corrected chi connectivity index (χ2v) is 7.11. The molecule has 148 valence electrons. The zero-order valence-electron chi connectivity index (χ0n) is 17.2. The van der Waals surface area contributed by atoms with E-state index in [0.717, 1.165) is 39.6 Å². The molecule has 1 aromatic carbocycles. The molecule has 0 aliphatic heterocycles. The van der Waals surface area contributed by atoms with Crippen molar-refractivity contribution < 1.29 is 9.53 Å². The molecule has 3 aromatic rings. The molecule has 0 saturated carbocycles. The molecule has 0 fully saturated rings. The van der Waals surface area contributed by atoms with E-state index < -0.39 is 0 Å². The van der Waals surface area contributed by atoms with E-state index in [2.05, 4.69) is 15.4 Å². The summed E-state index contributed by atoms with van der Waals surface area (Å²) >= 11 is 0. The van der Waals surface area contributed by atoms with Crippen LogP contribution in [0.4, 0.5) is 0 Å². The van der Waals surface area contributed by atoms with Crippen molar-refractivity contribution in [1.82, 2.24) is 19.9 Å². The van der Waals surface area contributed by atoms with Gasteiger partial charge >= 0.3 is 0 Å². The number of nitrogens with one attached hydrogen (secondary N) is 1. The van der Waals surface area contributed by atoms with Crippen LogP contribution in [0.1, 0.15) is 54.5 Å². The Kier molecular flexibility index (Phi) is 5.97. The fourth-order valence-corrected chi connectivity index (χ4v) is 3.46. The molecule has 6 nitrogen and oxygen atoms in total. The summed E-state index contributed by atoms with van der Waals surface area (Å²) in [6, 6.07) is 9.75. The Morgan fingerprint density at radius 3 is 2.61 bits per heavy atom. The van der Waals surface area contributed by atoms with Crippen LogP contribution in [0.5, 0.6) is 5.75 Å². The molecule has 2 aromatic heterocycles. The normalized spacial score (nSPS) is 12.2. The summed E-state index contributed by atoms with van der Waals surface area (Å²) in [5.74, 6) is 0.865. The van der Waals surface area contributed by atoms with Crippen LogP contribution in [0, 0.1) is 20.8 Å². The van der Waals surface area contributed by atoms with Crippen LogP contribution >= 0.6 is 0 Å². The first-order valence-corrected chi connectivity index (χ1v) is 9.73. The Hall–Kier alpha value is -2.89. The van der Waals surface area contributed by atoms with Crippen molar-refractivity contribution in [2.75, 3.05) is 6.61 Å². The standard InChI is InChI=1S/C22H28N4O2/c1-6-28-19-9-7-18(8-10-19)15(3)24-22(27)12-11-20-16(4)23-21-13-14(2)25-26(21)17(20)5/h7-10,13,15H,6,11-12H2,1-5H3,(H,24,27). The highest BCUT2D eigenvalue weighted by molar-refractivity contribution is 5.76. The van der Waals surface area contributed by atoms with Crippen molar-refractivity contribution in [1.29, 1.82) is 0 Å². The van der Waals surface area contributed by atoms with E-state index in [9.17, 15) is 4.79 Å². The van der Waals surface area contributed by atoms with E-state index in [1.54, 1.807) is 0 Å². The predicted molar refractivity (Wildman–Crippen MR) is 110 cm³/mol. The Labute approximate surface area is 165 Å². The van der Waals surface area contributed by atoms with Gasteiger partial charge in [-0.25, -0.2) is 9.50 Å². The fourth-order valence-electron chi connectivity index (χ4n) is 3.46. The molecule has 1 N–H and O–H groups in total. The van der Waals surface area contributed by atoms with Gasteiger partial charge in [-0.3, -0.25) is 4.79 Å². The van der Waals surface area contributed by atoms with Crippen LogP contribution in [0.2, 0.25) is 0 Å². The van der Waals surface area contributed by atoms with Gasteiger partial charge in [-0.05, 0) is 64.3 Å². The molecule has 28 heavy (non-hydrogen) atoms. The largest absolute Gasteiger partial charge is 0.494 e. The maximum atomic E-state index is 12.5. The molecule has 0 radical (unpaired) electrons. The average molecular weight is 380 g/mol. The highest BCUT2D eigenvalue weighted by Crippen LogP contribution is 2.19. The summed E-state index contributed by atoms with van der Waals surface area (Å²) in [7, 11) is 0. The average Bonchev–Trinajstić information content (AvgIpc) is 3.02. The third-order valence-electron chi connectivity index (χ3n) is 4.96. The van der Waals surface area contributed by atoms with Gasteiger partial charge in [0.25, 0.3) is 0 Å². The number of ether oxygens (including phenoxy) is 1. The van der Waals surface area contributed by atoms with E-state index in [4.69, 9.17) is 4.74 Å². The smallest absolute Gasteiger partial charge is 0.220 e. The van der Waals surface area contributed by atoms with Crippen LogP contribution in [-0.4, -0.2) is 27.1 Å². The highest BCUT2D eigenvalue weighted by Gasteiger charge is 2.14. The molecular weight excluding hydrogens is 352 g/mol. The number of carbonyl (C=O) groups is 1. The topological polar surface area (TPSA) is 68.5 Å². The van der Waals surface area contributed by atoms with Gasteiger partial charge in [0.05, 0.1) is 18.3 Å². The molecule has 3 rings (SSSR count). The van der Waals surface area contributed by atoms with Gasteiger partial charge in [0, 0.05) is 23.9 Å². The van der Waals surface area contributed by atoms with Gasteiger partial charge < -0.3 is 10.1 Å². The van der Waals surface area contributed by atoms with E-state index in [1.807, 2.05) is 69.5 Å². The number of aryl methyl sites for hydroxylation is 3. The Morgan fingerprint density at radius 2 is 1.93 bits per heavy atom. The zero-order chi connectivity index (χ0) is 20.3. The van der Waals surface area contributed by atoms with Crippen LogP contribution in [0.25, 0.3) is 5.65 Å². The van der Waals surface area contributed by atoms with Crippen molar-refractivity contribution in [2.24, 2.45) is 0 Å². The summed E-state index contributed by atoms with van der Waals surface area (Å²) in [5.41, 5.74) is 5.93. The summed E-state index contributed by atoms with van der Waals surface area (Å²) in [6.07, 6.45) is 1.05. The minimum Gasteiger partial charge on any atom is -0.494 e. The van der Waals surface area contributed by atoms with Crippen LogP contribution in [-0.2, 0) is 11.2 Å². The van der Waals surface area contributed by atoms with E-state index in [1.165, 1.54) is 0 Å². The number of hydrogen-bond acceptors (Lipinski definition) is 4. The first-order valence-electron chi connectivity index (χ1n) is 9.73. The monoisotopic (exact) mass is 380 g/mol. The molecule has 6 heteroatoms. The van der Waals surface area contributed by atoms with Crippen molar-refractivity contribution in [3.63, 3.8) is 0 Å². The predicted octanol–water partition coefficient (Wildman–Crippen LogP) is 3.86. The Balaban J connectivity index is 1.63. The number of hydrogen-bond donors (Lipinski definition) is 1. The number of fused-ring (bicyclic) bond motifs is 1. The lowest BCUT2D eigenvalue weighted by molar-refractivity contribution is -0.121. The first kappa shape index (κ1) is 19.9. The van der Waals surface area contributed by atoms with Gasteiger partial charge in [0.15, 0.2) is 5.65 Å². The number of aromatic nitrogens is 3. The third kappa shape index (κ3) is 4.32. The maximum absolute atomic E-state index is 12.5. The van der Waals surface area contributed by atoms with E-state index in [0.29, 0.717) is 19.4 Å². The van der Waals surface area contributed by atoms with Crippen molar-refractivity contribution in [3.05, 3.63) is 58.5 Å². The molecule has 1 amide bonds. The molecule has 0 aliphatic carbocycles. The summed E-state index contributed by atoms with van der Waals surface area (Å²) in [6.45, 7) is 10.6. The number of nitrogens with zero attached hydrogens (tertiary/aromatic N) is 3. The summed E-state index contributed by atoms with van der Waals surface area (Å²) in [4.78, 5) is 17.1. The van der Waals surface area contributed by atoms with Crippen LogP contribution < -0.4 is 10.1 Å². The molecule has 0 spiro atoms. The van der Waals surface area contributed by atoms with Gasteiger partial charge in [0.2, 0.25) is 5.91 Å². The molecular formula is C22H28N4O2. The fraction of sp³-hybridized carbons (Fsp3) is 0.409. The lowest BCUT2D eigenvalue weighted by atomic mass is 10.1. The molecule has 0 aliphatic rings. The number of amides is 1. The van der Waals surface area contributed by atoms with E-state index >= 15 is 0 Å². The van der Waals surface area contributed by atoms with Gasteiger partial charge in [0.1, 0.15) is 5.75 Å². The quantitative estimate of drug-likeness (QED) is 0.676. The van der Waals surface area contributed by atoms with Gasteiger partial charge in [-0.1, -0.05) is 12.1 Å². The minimum absolute atomic E-state index is 0.0249. The zero-order valence-corrected chi connectivity index (χ0v) is 17.2. The lowest BCUT2D eigenvalue weighted by Gasteiger charge is -2.16. The molecule has 0 saturated heterocycles. The van der Waals surface area contributed by atoms with Crippen molar-refractivity contribution in [2.45, 2.75) is 53.5 Å². The third-order valence-corrected chi connectivity index (χ3v) is 4.96.